The van der Waals surface area contributed by atoms with E-state index < -0.39 is 0 Å². The summed E-state index contributed by atoms with van der Waals surface area (Å²) in [6, 6.07) is 0.209. The summed E-state index contributed by atoms with van der Waals surface area (Å²) in [5.74, 6) is 0.444. The first kappa shape index (κ1) is 12.2. The highest BCUT2D eigenvalue weighted by Gasteiger charge is 2.16. The molecule has 1 saturated heterocycles. The van der Waals surface area contributed by atoms with Gasteiger partial charge >= 0.3 is 0 Å². The molecule has 0 aromatic carbocycles. The first-order valence-electron chi connectivity index (χ1n) is 5.61. The minimum Gasteiger partial charge on any atom is -0.354 e. The van der Waals surface area contributed by atoms with Gasteiger partial charge in [0.25, 0.3) is 0 Å². The SMILES string of the molecule is CC(C)NC(=O)CCN1CCC(=O)CC1. The Hall–Kier alpha value is -0.900. The molecule has 0 aromatic heterocycles. The van der Waals surface area contributed by atoms with Crippen molar-refractivity contribution in [1.82, 2.24) is 10.2 Å². The minimum absolute atomic E-state index is 0.0990. The zero-order valence-corrected chi connectivity index (χ0v) is 9.58. The second kappa shape index (κ2) is 5.85. The zero-order chi connectivity index (χ0) is 11.3. The molecule has 4 heteroatoms. The minimum atomic E-state index is 0.0990. The molecule has 0 saturated carbocycles. The summed E-state index contributed by atoms with van der Waals surface area (Å²) in [5.41, 5.74) is 0. The van der Waals surface area contributed by atoms with Crippen LogP contribution in [0.15, 0.2) is 0 Å². The molecule has 1 heterocycles. The Morgan fingerprint density at radius 1 is 1.40 bits per heavy atom. The Bertz CT molecular complexity index is 229. The van der Waals surface area contributed by atoms with Crippen molar-refractivity contribution in [2.75, 3.05) is 19.6 Å². The molecule has 0 spiro atoms. The van der Waals surface area contributed by atoms with Crippen LogP contribution >= 0.6 is 0 Å². The molecule has 0 atom stereocenters. The molecule has 1 aliphatic heterocycles. The normalized spacial score (nSPS) is 18.2. The van der Waals surface area contributed by atoms with Crippen molar-refractivity contribution in [2.45, 2.75) is 39.2 Å². The average molecular weight is 212 g/mol. The highest BCUT2D eigenvalue weighted by molar-refractivity contribution is 5.79. The maximum atomic E-state index is 11.4. The summed E-state index contributed by atoms with van der Waals surface area (Å²) in [7, 11) is 0. The quantitative estimate of drug-likeness (QED) is 0.741. The van der Waals surface area contributed by atoms with Crippen LogP contribution in [-0.4, -0.2) is 42.3 Å². The van der Waals surface area contributed by atoms with Crippen LogP contribution in [-0.2, 0) is 9.59 Å². The van der Waals surface area contributed by atoms with Crippen molar-refractivity contribution in [2.24, 2.45) is 0 Å². The second-order valence-corrected chi connectivity index (χ2v) is 4.35. The molecule has 0 aliphatic carbocycles. The smallest absolute Gasteiger partial charge is 0.221 e. The van der Waals surface area contributed by atoms with Gasteiger partial charge in [-0.2, -0.15) is 0 Å². The van der Waals surface area contributed by atoms with E-state index in [0.29, 0.717) is 25.0 Å². The van der Waals surface area contributed by atoms with Gasteiger partial charge in [0, 0.05) is 44.9 Å². The molecule has 0 bridgehead atoms. The zero-order valence-electron chi connectivity index (χ0n) is 9.58. The highest BCUT2D eigenvalue weighted by atomic mass is 16.1. The van der Waals surface area contributed by atoms with Gasteiger partial charge in [-0.1, -0.05) is 0 Å². The number of ketones is 1. The third kappa shape index (κ3) is 4.93. The van der Waals surface area contributed by atoms with Crippen LogP contribution in [0.1, 0.15) is 33.1 Å². The number of nitrogens with zero attached hydrogens (tertiary/aromatic N) is 1. The Morgan fingerprint density at radius 3 is 2.53 bits per heavy atom. The number of piperidine rings is 1. The Morgan fingerprint density at radius 2 is 2.00 bits per heavy atom. The second-order valence-electron chi connectivity index (χ2n) is 4.35. The monoisotopic (exact) mass is 212 g/mol. The van der Waals surface area contributed by atoms with E-state index in [0.717, 1.165) is 19.6 Å². The largest absolute Gasteiger partial charge is 0.354 e. The van der Waals surface area contributed by atoms with Crippen molar-refractivity contribution in [1.29, 1.82) is 0 Å². The lowest BCUT2D eigenvalue weighted by Crippen LogP contribution is -2.38. The van der Waals surface area contributed by atoms with E-state index in [-0.39, 0.29) is 11.9 Å². The fraction of sp³-hybridized carbons (Fsp3) is 0.818. The summed E-state index contributed by atoms with van der Waals surface area (Å²) >= 11 is 0. The van der Waals surface area contributed by atoms with E-state index in [4.69, 9.17) is 0 Å². The maximum Gasteiger partial charge on any atom is 0.221 e. The molecule has 0 unspecified atom stereocenters. The third-order valence-corrected chi connectivity index (χ3v) is 2.52. The predicted molar refractivity (Wildman–Crippen MR) is 58.6 cm³/mol. The van der Waals surface area contributed by atoms with Crippen LogP contribution in [0.4, 0.5) is 0 Å². The Labute approximate surface area is 91.0 Å². The lowest BCUT2D eigenvalue weighted by atomic mass is 10.1. The third-order valence-electron chi connectivity index (χ3n) is 2.52. The van der Waals surface area contributed by atoms with E-state index in [1.54, 1.807) is 0 Å². The number of hydrogen-bond donors (Lipinski definition) is 1. The van der Waals surface area contributed by atoms with E-state index in [1.807, 2.05) is 13.8 Å². The predicted octanol–water partition coefficient (Wildman–Crippen LogP) is 0.566. The molecule has 1 N–H and O–H groups in total. The van der Waals surface area contributed by atoms with Gasteiger partial charge in [-0.15, -0.1) is 0 Å². The van der Waals surface area contributed by atoms with Crippen LogP contribution in [0, 0.1) is 0 Å². The molecule has 1 amide bonds. The van der Waals surface area contributed by atoms with Crippen LogP contribution in [0.3, 0.4) is 0 Å². The molecular formula is C11H20N2O2. The molecular weight excluding hydrogens is 192 g/mol. The molecule has 1 aliphatic rings. The van der Waals surface area contributed by atoms with E-state index in [2.05, 4.69) is 10.2 Å². The molecule has 0 aromatic rings. The first-order chi connectivity index (χ1) is 7.08. The van der Waals surface area contributed by atoms with Gasteiger partial charge in [-0.25, -0.2) is 0 Å². The van der Waals surface area contributed by atoms with E-state index in [1.165, 1.54) is 0 Å². The van der Waals surface area contributed by atoms with Crippen LogP contribution in [0.2, 0.25) is 0 Å². The number of nitrogens with one attached hydrogen (secondary N) is 1. The van der Waals surface area contributed by atoms with Crippen LogP contribution in [0.5, 0.6) is 0 Å². The molecule has 0 radical (unpaired) electrons. The van der Waals surface area contributed by atoms with Crippen molar-refractivity contribution in [3.8, 4) is 0 Å². The summed E-state index contributed by atoms with van der Waals surface area (Å²) in [6.07, 6.45) is 1.82. The molecule has 1 fully saturated rings. The first-order valence-corrected chi connectivity index (χ1v) is 5.61. The van der Waals surface area contributed by atoms with Crippen LogP contribution < -0.4 is 5.32 Å². The van der Waals surface area contributed by atoms with Gasteiger partial charge in [0.05, 0.1) is 0 Å². The van der Waals surface area contributed by atoms with Crippen molar-refractivity contribution in [3.63, 3.8) is 0 Å². The summed E-state index contributed by atoms with van der Waals surface area (Å²) in [5, 5.41) is 2.86. The Balaban J connectivity index is 2.14. The number of rotatable bonds is 4. The van der Waals surface area contributed by atoms with Gasteiger partial charge in [0.2, 0.25) is 5.91 Å². The maximum absolute atomic E-state index is 11.4. The van der Waals surface area contributed by atoms with E-state index in [9.17, 15) is 9.59 Å². The molecule has 15 heavy (non-hydrogen) atoms. The average Bonchev–Trinajstić information content (AvgIpc) is 2.16. The number of Topliss-reactive ketones (excluding diaryl/α,β-unsaturated/α-hetero) is 1. The van der Waals surface area contributed by atoms with Crippen molar-refractivity contribution >= 4 is 11.7 Å². The van der Waals surface area contributed by atoms with Crippen LogP contribution in [0.25, 0.3) is 0 Å². The van der Waals surface area contributed by atoms with Gasteiger partial charge in [-0.05, 0) is 13.8 Å². The summed E-state index contributed by atoms with van der Waals surface area (Å²) in [4.78, 5) is 24.5. The fourth-order valence-corrected chi connectivity index (χ4v) is 1.68. The van der Waals surface area contributed by atoms with Gasteiger partial charge < -0.3 is 10.2 Å². The molecule has 1 rings (SSSR count). The van der Waals surface area contributed by atoms with Gasteiger partial charge in [0.15, 0.2) is 0 Å². The van der Waals surface area contributed by atoms with Gasteiger partial charge in [0.1, 0.15) is 5.78 Å². The number of hydrogen-bond acceptors (Lipinski definition) is 3. The number of carbonyl (C=O) groups is 2. The molecule has 4 nitrogen and oxygen atoms in total. The summed E-state index contributed by atoms with van der Waals surface area (Å²) < 4.78 is 0. The topological polar surface area (TPSA) is 49.4 Å². The highest BCUT2D eigenvalue weighted by Crippen LogP contribution is 2.05. The number of carbonyl (C=O) groups excluding carboxylic acids is 2. The lowest BCUT2D eigenvalue weighted by molar-refractivity contribution is -0.122. The lowest BCUT2D eigenvalue weighted by Gasteiger charge is -2.25. The van der Waals surface area contributed by atoms with Crippen molar-refractivity contribution in [3.05, 3.63) is 0 Å². The number of likely N-dealkylation sites (tertiary alicyclic amines) is 1. The summed E-state index contributed by atoms with van der Waals surface area (Å²) in [6.45, 7) is 6.31. The van der Waals surface area contributed by atoms with Gasteiger partial charge in [-0.3, -0.25) is 9.59 Å². The number of amides is 1. The van der Waals surface area contributed by atoms with Crippen molar-refractivity contribution < 1.29 is 9.59 Å². The molecule has 86 valence electrons. The standard InChI is InChI=1S/C11H20N2O2/c1-9(2)12-11(15)5-8-13-6-3-10(14)4-7-13/h9H,3-8H2,1-2H3,(H,12,15). The fourth-order valence-electron chi connectivity index (χ4n) is 1.68. The Kier molecular flexibility index (Phi) is 4.75. The van der Waals surface area contributed by atoms with E-state index >= 15 is 0 Å².